The molecule has 0 saturated carbocycles. The molecule has 1 aliphatic rings. The number of thioether (sulfide) groups is 1. The zero-order valence-corrected chi connectivity index (χ0v) is 21.5. The fourth-order valence-corrected chi connectivity index (χ4v) is 4.96. The molecule has 8 nitrogen and oxygen atoms in total. The zero-order valence-electron chi connectivity index (χ0n) is 19.1. The molecule has 1 fully saturated rings. The Balaban J connectivity index is 1.50. The van der Waals surface area contributed by atoms with Crippen molar-refractivity contribution >= 4 is 63.3 Å². The largest absolute Gasteiger partial charge is 0.495 e. The molecular weight excluding hydrogens is 524 g/mol. The van der Waals surface area contributed by atoms with Crippen molar-refractivity contribution in [2.24, 2.45) is 0 Å². The number of ether oxygens (including phenoxy) is 3. The predicted octanol–water partition coefficient (Wildman–Crippen LogP) is 6.25. The van der Waals surface area contributed by atoms with Gasteiger partial charge in [0.05, 0.1) is 34.8 Å². The van der Waals surface area contributed by atoms with Crippen LogP contribution in [-0.4, -0.2) is 29.4 Å². The van der Waals surface area contributed by atoms with Crippen LogP contribution in [0.4, 0.5) is 11.4 Å². The Morgan fingerprint density at radius 3 is 2.36 bits per heavy atom. The maximum Gasteiger partial charge on any atom is 0.270 e. The van der Waals surface area contributed by atoms with Gasteiger partial charge in [-0.05, 0) is 59.7 Å². The Morgan fingerprint density at radius 2 is 1.72 bits per heavy atom. The first-order chi connectivity index (χ1) is 17.3. The molecule has 184 valence electrons. The number of hydrogen-bond donors (Lipinski definition) is 0. The van der Waals surface area contributed by atoms with Crippen LogP contribution in [0.1, 0.15) is 11.1 Å². The summed E-state index contributed by atoms with van der Waals surface area (Å²) in [4.78, 5) is 25.3. The van der Waals surface area contributed by atoms with Gasteiger partial charge in [0.25, 0.3) is 11.6 Å². The molecule has 36 heavy (non-hydrogen) atoms. The maximum absolute atomic E-state index is 13.1. The summed E-state index contributed by atoms with van der Waals surface area (Å²) in [5, 5.41) is 11.2. The Bertz CT molecular complexity index is 1380. The number of rotatable bonds is 8. The average Bonchev–Trinajstić information content (AvgIpc) is 3.15. The topological polar surface area (TPSA) is 91.1 Å². The van der Waals surface area contributed by atoms with E-state index in [1.54, 1.807) is 54.6 Å². The van der Waals surface area contributed by atoms with Gasteiger partial charge in [0.15, 0.2) is 15.8 Å². The number of anilines is 1. The lowest BCUT2D eigenvalue weighted by atomic mass is 10.1. The highest BCUT2D eigenvalue weighted by Gasteiger charge is 2.33. The second kappa shape index (κ2) is 11.0. The smallest absolute Gasteiger partial charge is 0.270 e. The number of non-ortho nitro benzene ring substituents is 1. The molecule has 1 amide bonds. The lowest BCUT2D eigenvalue weighted by molar-refractivity contribution is -0.384. The van der Waals surface area contributed by atoms with E-state index in [4.69, 9.17) is 38.0 Å². The van der Waals surface area contributed by atoms with Crippen LogP contribution < -0.4 is 19.1 Å². The quantitative estimate of drug-likeness (QED) is 0.143. The van der Waals surface area contributed by atoms with E-state index < -0.39 is 4.92 Å². The predicted molar refractivity (Wildman–Crippen MR) is 144 cm³/mol. The summed E-state index contributed by atoms with van der Waals surface area (Å²) in [6, 6.07) is 16.4. The first-order valence-corrected chi connectivity index (χ1v) is 12.1. The standard InChI is InChI=1S/C25H19ClN2O6S2/c1-32-20-10-8-18(13-19(20)26)27-24(29)23(36-25(27)35)12-16-5-9-21(22(11-16)33-2)34-14-15-3-6-17(7-4-15)28(30)31/h3-13H,14H2,1-2H3/b23-12+. The van der Waals surface area contributed by atoms with Gasteiger partial charge in [0.1, 0.15) is 12.4 Å². The van der Waals surface area contributed by atoms with Gasteiger partial charge in [0, 0.05) is 12.1 Å². The van der Waals surface area contributed by atoms with E-state index in [-0.39, 0.29) is 18.2 Å². The molecule has 0 atom stereocenters. The van der Waals surface area contributed by atoms with Gasteiger partial charge in [0.2, 0.25) is 0 Å². The Hall–Kier alpha value is -3.60. The van der Waals surface area contributed by atoms with Crippen molar-refractivity contribution in [2.45, 2.75) is 6.61 Å². The van der Waals surface area contributed by atoms with Crippen LogP contribution in [0.3, 0.4) is 0 Å². The van der Waals surface area contributed by atoms with Crippen LogP contribution in [0.25, 0.3) is 6.08 Å². The van der Waals surface area contributed by atoms with Crippen LogP contribution in [-0.2, 0) is 11.4 Å². The van der Waals surface area contributed by atoms with E-state index in [9.17, 15) is 14.9 Å². The van der Waals surface area contributed by atoms with Gasteiger partial charge < -0.3 is 14.2 Å². The third-order valence-corrected chi connectivity index (χ3v) is 6.81. The number of benzene rings is 3. The highest BCUT2D eigenvalue weighted by Crippen LogP contribution is 2.39. The Kier molecular flexibility index (Phi) is 7.78. The number of thiocarbonyl (C=S) groups is 1. The highest BCUT2D eigenvalue weighted by atomic mass is 35.5. The molecule has 0 bridgehead atoms. The van der Waals surface area contributed by atoms with E-state index >= 15 is 0 Å². The minimum absolute atomic E-state index is 0.0150. The SMILES string of the molecule is COc1ccc(N2C(=O)/C(=C\c3ccc(OCc4ccc([N+](=O)[O-])cc4)c(OC)c3)SC2=S)cc1Cl. The fraction of sp³-hybridized carbons (Fsp3) is 0.120. The highest BCUT2D eigenvalue weighted by molar-refractivity contribution is 8.27. The van der Waals surface area contributed by atoms with Gasteiger partial charge in [-0.2, -0.15) is 0 Å². The van der Waals surface area contributed by atoms with Gasteiger partial charge in [-0.15, -0.1) is 0 Å². The minimum atomic E-state index is -0.452. The van der Waals surface area contributed by atoms with Crippen LogP contribution in [0.15, 0.2) is 65.6 Å². The van der Waals surface area contributed by atoms with Crippen molar-refractivity contribution in [1.82, 2.24) is 0 Å². The van der Waals surface area contributed by atoms with Gasteiger partial charge in [-0.25, -0.2) is 0 Å². The normalized spacial score (nSPS) is 14.3. The van der Waals surface area contributed by atoms with E-state index in [0.717, 1.165) is 11.1 Å². The molecule has 0 aromatic heterocycles. The van der Waals surface area contributed by atoms with Gasteiger partial charge in [-0.1, -0.05) is 41.6 Å². The number of hydrogen-bond acceptors (Lipinski definition) is 8. The molecule has 0 radical (unpaired) electrons. The first kappa shape index (κ1) is 25.5. The average molecular weight is 543 g/mol. The third kappa shape index (κ3) is 5.46. The summed E-state index contributed by atoms with van der Waals surface area (Å²) in [5.74, 6) is 1.21. The molecule has 1 aliphatic heterocycles. The molecule has 3 aromatic carbocycles. The van der Waals surface area contributed by atoms with Crippen LogP contribution in [0, 0.1) is 10.1 Å². The van der Waals surface area contributed by atoms with Crippen LogP contribution in [0.5, 0.6) is 17.2 Å². The molecule has 4 rings (SSSR count). The van der Waals surface area contributed by atoms with Crippen LogP contribution >= 0.6 is 35.6 Å². The maximum atomic E-state index is 13.1. The number of halogens is 1. The lowest BCUT2D eigenvalue weighted by Crippen LogP contribution is -2.27. The third-order valence-electron chi connectivity index (χ3n) is 5.21. The van der Waals surface area contributed by atoms with E-state index in [1.165, 1.54) is 43.0 Å². The Morgan fingerprint density at radius 1 is 1.03 bits per heavy atom. The fourth-order valence-electron chi connectivity index (χ4n) is 3.40. The number of nitrogens with zero attached hydrogens (tertiary/aromatic N) is 2. The summed E-state index contributed by atoms with van der Waals surface area (Å²) < 4.78 is 16.9. The van der Waals surface area contributed by atoms with Crippen molar-refractivity contribution in [3.63, 3.8) is 0 Å². The summed E-state index contributed by atoms with van der Waals surface area (Å²) in [7, 11) is 3.04. The minimum Gasteiger partial charge on any atom is -0.495 e. The molecular formula is C25H19ClN2O6S2. The van der Waals surface area contributed by atoms with E-state index in [0.29, 0.717) is 37.2 Å². The zero-order chi connectivity index (χ0) is 25.8. The molecule has 1 saturated heterocycles. The molecule has 0 aliphatic carbocycles. The summed E-state index contributed by atoms with van der Waals surface area (Å²) in [5.41, 5.74) is 2.07. The summed E-state index contributed by atoms with van der Waals surface area (Å²) in [6.45, 7) is 0.205. The van der Waals surface area contributed by atoms with Crippen molar-refractivity contribution in [2.75, 3.05) is 19.1 Å². The number of carbonyl (C=O) groups excluding carboxylic acids is 1. The lowest BCUT2D eigenvalue weighted by Gasteiger charge is -2.15. The summed E-state index contributed by atoms with van der Waals surface area (Å²) in [6.07, 6.45) is 1.73. The van der Waals surface area contributed by atoms with Crippen molar-refractivity contribution in [1.29, 1.82) is 0 Å². The van der Waals surface area contributed by atoms with Crippen LogP contribution in [0.2, 0.25) is 5.02 Å². The first-order valence-electron chi connectivity index (χ1n) is 10.5. The number of amides is 1. The molecule has 1 heterocycles. The molecule has 0 N–H and O–H groups in total. The van der Waals surface area contributed by atoms with Gasteiger partial charge >= 0.3 is 0 Å². The second-order valence-corrected chi connectivity index (χ2v) is 9.54. The van der Waals surface area contributed by atoms with Gasteiger partial charge in [-0.3, -0.25) is 19.8 Å². The van der Waals surface area contributed by atoms with Crippen molar-refractivity contribution < 1.29 is 23.9 Å². The number of methoxy groups -OCH3 is 2. The van der Waals surface area contributed by atoms with Crippen molar-refractivity contribution in [3.05, 3.63) is 91.8 Å². The van der Waals surface area contributed by atoms with E-state index in [1.807, 2.05) is 0 Å². The molecule has 3 aromatic rings. The monoisotopic (exact) mass is 542 g/mol. The number of carbonyl (C=O) groups is 1. The second-order valence-electron chi connectivity index (χ2n) is 7.46. The molecule has 0 unspecified atom stereocenters. The molecule has 0 spiro atoms. The number of nitro groups is 1. The molecule has 11 heteroatoms. The Labute approximate surface area is 221 Å². The number of nitro benzene ring substituents is 1. The van der Waals surface area contributed by atoms with E-state index in [2.05, 4.69) is 0 Å². The summed E-state index contributed by atoms with van der Waals surface area (Å²) >= 11 is 12.9. The van der Waals surface area contributed by atoms with Crippen molar-refractivity contribution in [3.8, 4) is 17.2 Å².